The van der Waals surface area contributed by atoms with Crippen molar-refractivity contribution < 1.29 is 17.5 Å². The molecule has 1 aromatic rings. The zero-order valence-electron chi connectivity index (χ0n) is 10.1. The lowest BCUT2D eigenvalue weighted by atomic mass is 10.1. The third kappa shape index (κ3) is 6.21. The average molecular weight is 295 g/mol. The molecule has 1 rings (SSSR count). The van der Waals surface area contributed by atoms with Crippen molar-refractivity contribution in [3.05, 3.63) is 30.1 Å². The van der Waals surface area contributed by atoms with E-state index in [1.54, 1.807) is 6.07 Å². The molecule has 0 aromatic heterocycles. The lowest BCUT2D eigenvalue weighted by Gasteiger charge is -2.15. The molecule has 18 heavy (non-hydrogen) atoms. The highest BCUT2D eigenvalue weighted by atomic mass is 35.7. The first-order valence-electron chi connectivity index (χ1n) is 5.71. The summed E-state index contributed by atoms with van der Waals surface area (Å²) in [6.07, 6.45) is 1.53. The van der Waals surface area contributed by atoms with Crippen LogP contribution in [0.1, 0.15) is 19.8 Å². The van der Waals surface area contributed by atoms with Crippen molar-refractivity contribution in [3.8, 4) is 5.75 Å². The first kappa shape index (κ1) is 15.2. The molecule has 1 atom stereocenters. The number of benzene rings is 1. The summed E-state index contributed by atoms with van der Waals surface area (Å²) in [5.74, 6) is -0.300. The maximum absolute atomic E-state index is 12.9. The molecule has 0 saturated heterocycles. The van der Waals surface area contributed by atoms with E-state index in [-0.39, 0.29) is 24.1 Å². The Labute approximate surface area is 111 Å². The first-order valence-corrected chi connectivity index (χ1v) is 8.19. The number of hydrogen-bond acceptors (Lipinski definition) is 3. The number of rotatable bonds is 7. The molecule has 0 bridgehead atoms. The minimum atomic E-state index is -3.54. The van der Waals surface area contributed by atoms with Gasteiger partial charge in [0.05, 0.1) is 12.4 Å². The van der Waals surface area contributed by atoms with Crippen LogP contribution in [0.4, 0.5) is 4.39 Å². The molecule has 0 N–H and O–H groups in total. The number of halogens is 2. The van der Waals surface area contributed by atoms with Crippen molar-refractivity contribution in [2.75, 3.05) is 12.4 Å². The Morgan fingerprint density at radius 2 is 2.17 bits per heavy atom. The molecule has 102 valence electrons. The van der Waals surface area contributed by atoms with Gasteiger partial charge in [-0.2, -0.15) is 0 Å². The fourth-order valence-corrected chi connectivity index (χ4v) is 3.04. The first-order chi connectivity index (χ1) is 8.40. The van der Waals surface area contributed by atoms with Gasteiger partial charge < -0.3 is 4.74 Å². The van der Waals surface area contributed by atoms with Crippen molar-refractivity contribution >= 4 is 19.7 Å². The highest BCUT2D eigenvalue weighted by molar-refractivity contribution is 8.13. The summed E-state index contributed by atoms with van der Waals surface area (Å²) >= 11 is 0. The Morgan fingerprint density at radius 3 is 2.72 bits per heavy atom. The van der Waals surface area contributed by atoms with Gasteiger partial charge in [-0.1, -0.05) is 19.4 Å². The van der Waals surface area contributed by atoms with Crippen molar-refractivity contribution in [1.29, 1.82) is 0 Å². The summed E-state index contributed by atoms with van der Waals surface area (Å²) in [5.41, 5.74) is 0. The molecule has 0 aliphatic rings. The van der Waals surface area contributed by atoms with E-state index in [4.69, 9.17) is 15.4 Å². The second-order valence-corrected chi connectivity index (χ2v) is 6.95. The van der Waals surface area contributed by atoms with Crippen LogP contribution < -0.4 is 4.74 Å². The van der Waals surface area contributed by atoms with Gasteiger partial charge >= 0.3 is 0 Å². The Kier molecular flexibility index (Phi) is 5.88. The highest BCUT2D eigenvalue weighted by Gasteiger charge is 2.17. The van der Waals surface area contributed by atoms with E-state index in [9.17, 15) is 12.8 Å². The molecule has 1 aromatic carbocycles. The van der Waals surface area contributed by atoms with Crippen LogP contribution in [0.25, 0.3) is 0 Å². The van der Waals surface area contributed by atoms with Crippen LogP contribution >= 0.6 is 10.7 Å². The third-order valence-electron chi connectivity index (χ3n) is 2.41. The van der Waals surface area contributed by atoms with Crippen molar-refractivity contribution in [1.82, 2.24) is 0 Å². The molecule has 0 radical (unpaired) electrons. The molecule has 0 aliphatic carbocycles. The van der Waals surface area contributed by atoms with Crippen LogP contribution in [-0.4, -0.2) is 20.8 Å². The van der Waals surface area contributed by atoms with Crippen molar-refractivity contribution in [2.24, 2.45) is 5.92 Å². The summed E-state index contributed by atoms with van der Waals surface area (Å²) in [5, 5.41) is 0. The van der Waals surface area contributed by atoms with Gasteiger partial charge in [-0.25, -0.2) is 12.8 Å². The van der Waals surface area contributed by atoms with Gasteiger partial charge in [0.15, 0.2) is 0 Å². The van der Waals surface area contributed by atoms with Gasteiger partial charge in [-0.05, 0) is 18.6 Å². The monoisotopic (exact) mass is 294 g/mol. The molecule has 0 spiro atoms. The normalized spacial score (nSPS) is 13.3. The Balaban J connectivity index is 2.57. The molecule has 3 nitrogen and oxygen atoms in total. The van der Waals surface area contributed by atoms with Gasteiger partial charge in [0, 0.05) is 22.7 Å². The Morgan fingerprint density at radius 1 is 1.44 bits per heavy atom. The Hall–Kier alpha value is -0.810. The lowest BCUT2D eigenvalue weighted by molar-refractivity contribution is 0.252. The number of hydrogen-bond donors (Lipinski definition) is 0. The van der Waals surface area contributed by atoms with Crippen LogP contribution in [0.2, 0.25) is 0 Å². The molecule has 6 heteroatoms. The van der Waals surface area contributed by atoms with E-state index in [1.165, 1.54) is 18.2 Å². The van der Waals surface area contributed by atoms with Crippen LogP contribution in [0.5, 0.6) is 5.75 Å². The summed E-state index contributed by atoms with van der Waals surface area (Å²) in [6.45, 7) is 2.17. The minimum absolute atomic E-state index is 0.127. The molecule has 0 aliphatic heterocycles. The third-order valence-corrected chi connectivity index (χ3v) is 3.66. The Bertz CT molecular complexity index is 476. The quantitative estimate of drug-likeness (QED) is 0.725. The number of ether oxygens (including phenoxy) is 1. The largest absolute Gasteiger partial charge is 0.493 e. The van der Waals surface area contributed by atoms with Gasteiger partial charge in [0.2, 0.25) is 9.05 Å². The maximum atomic E-state index is 12.9. The molecular formula is C12H16ClFO3S. The van der Waals surface area contributed by atoms with Crippen LogP contribution in [0.3, 0.4) is 0 Å². The van der Waals surface area contributed by atoms with Gasteiger partial charge in [0.1, 0.15) is 11.6 Å². The predicted octanol–water partition coefficient (Wildman–Crippen LogP) is 3.19. The topological polar surface area (TPSA) is 43.4 Å². The van der Waals surface area contributed by atoms with Crippen LogP contribution in [0, 0.1) is 11.7 Å². The fraction of sp³-hybridized carbons (Fsp3) is 0.500. The fourth-order valence-electron chi connectivity index (χ4n) is 1.68. The molecule has 0 saturated carbocycles. The standard InChI is InChI=1S/C12H16ClFO3S/c1-2-4-10(9-18(13,15)16)8-17-12-6-3-5-11(14)7-12/h3,5-7,10H,2,4,8-9H2,1H3. The molecule has 1 unspecified atom stereocenters. The lowest BCUT2D eigenvalue weighted by Crippen LogP contribution is -2.19. The van der Waals surface area contributed by atoms with E-state index in [1.807, 2.05) is 6.92 Å². The summed E-state index contributed by atoms with van der Waals surface area (Å²) in [7, 11) is 1.69. The molecule has 0 fully saturated rings. The van der Waals surface area contributed by atoms with E-state index in [0.717, 1.165) is 6.42 Å². The molecular weight excluding hydrogens is 279 g/mol. The minimum Gasteiger partial charge on any atom is -0.493 e. The summed E-state index contributed by atoms with van der Waals surface area (Å²) in [6, 6.07) is 5.75. The van der Waals surface area contributed by atoms with E-state index in [0.29, 0.717) is 12.2 Å². The van der Waals surface area contributed by atoms with Crippen molar-refractivity contribution in [3.63, 3.8) is 0 Å². The molecule has 0 heterocycles. The second kappa shape index (κ2) is 6.95. The van der Waals surface area contributed by atoms with E-state index in [2.05, 4.69) is 0 Å². The van der Waals surface area contributed by atoms with Gasteiger partial charge in [0.25, 0.3) is 0 Å². The summed E-state index contributed by atoms with van der Waals surface area (Å²) < 4.78 is 40.4. The van der Waals surface area contributed by atoms with Crippen LogP contribution in [-0.2, 0) is 9.05 Å². The zero-order valence-corrected chi connectivity index (χ0v) is 11.7. The maximum Gasteiger partial charge on any atom is 0.232 e. The van der Waals surface area contributed by atoms with E-state index >= 15 is 0 Å². The van der Waals surface area contributed by atoms with E-state index < -0.39 is 9.05 Å². The predicted molar refractivity (Wildman–Crippen MR) is 69.9 cm³/mol. The summed E-state index contributed by atoms with van der Waals surface area (Å²) in [4.78, 5) is 0. The van der Waals surface area contributed by atoms with Gasteiger partial charge in [-0.15, -0.1) is 0 Å². The second-order valence-electron chi connectivity index (χ2n) is 4.13. The highest BCUT2D eigenvalue weighted by Crippen LogP contribution is 2.17. The molecule has 0 amide bonds. The average Bonchev–Trinajstić information content (AvgIpc) is 2.24. The smallest absolute Gasteiger partial charge is 0.232 e. The SMILES string of the molecule is CCCC(COc1cccc(F)c1)CS(=O)(=O)Cl. The van der Waals surface area contributed by atoms with Crippen molar-refractivity contribution in [2.45, 2.75) is 19.8 Å². The zero-order chi connectivity index (χ0) is 13.6. The van der Waals surface area contributed by atoms with Gasteiger partial charge in [-0.3, -0.25) is 0 Å². The van der Waals surface area contributed by atoms with Crippen LogP contribution in [0.15, 0.2) is 24.3 Å².